The predicted octanol–water partition coefficient (Wildman–Crippen LogP) is 15.0. The summed E-state index contributed by atoms with van der Waals surface area (Å²) in [6, 6.07) is 24.8. The number of nitrogens with one attached hydrogen (secondary N) is 4. The van der Waals surface area contributed by atoms with Crippen molar-refractivity contribution in [3.05, 3.63) is 181 Å². The summed E-state index contributed by atoms with van der Waals surface area (Å²) in [6.45, 7) is 1.73. The van der Waals surface area contributed by atoms with Crippen LogP contribution in [0.15, 0.2) is 131 Å². The second-order valence-electron chi connectivity index (χ2n) is 16.4. The summed E-state index contributed by atoms with van der Waals surface area (Å²) in [5.74, 6) is -3.24. The third-order valence-electron chi connectivity index (χ3n) is 10.6. The van der Waals surface area contributed by atoms with Crippen molar-refractivity contribution in [2.24, 2.45) is 9.98 Å². The van der Waals surface area contributed by atoms with Gasteiger partial charge in [-0.25, -0.2) is 13.8 Å². The lowest BCUT2D eigenvalue weighted by Crippen LogP contribution is -2.36. The Bertz CT molecular complexity index is 3240. The zero-order chi connectivity index (χ0) is 54.4. The highest BCUT2D eigenvalue weighted by molar-refractivity contribution is 6.32. The number of hydrogen-bond acceptors (Lipinski definition) is 6. The van der Waals surface area contributed by atoms with E-state index in [2.05, 4.69) is 41.4 Å². The molecule has 4 N–H and O–H groups in total. The zero-order valence-electron chi connectivity index (χ0n) is 38.2. The number of amides is 2. The molecule has 1 aliphatic rings. The first-order valence-electron chi connectivity index (χ1n) is 21.9. The Morgan fingerprint density at radius 3 is 1.67 bits per heavy atom. The van der Waals surface area contributed by atoms with Crippen LogP contribution in [0.4, 0.5) is 66.9 Å². The molecule has 1 aliphatic carbocycles. The molecule has 26 heteroatoms. The lowest BCUT2D eigenvalue weighted by Gasteiger charge is -2.15. The number of alkyl halides is 9. The van der Waals surface area contributed by atoms with Crippen LogP contribution in [0.5, 0.6) is 0 Å². The highest BCUT2D eigenvalue weighted by Gasteiger charge is 2.37. The Hall–Kier alpha value is -7.14. The molecule has 1 fully saturated rings. The number of halogens is 14. The molecule has 5 aromatic carbocycles. The molecule has 0 radical (unpaired) electrons. The van der Waals surface area contributed by atoms with Crippen molar-refractivity contribution in [1.29, 1.82) is 0 Å². The van der Waals surface area contributed by atoms with E-state index in [4.69, 9.17) is 46.4 Å². The minimum Gasteiger partial charge on any atom is -0.326 e. The first kappa shape index (κ1) is 55.6. The smallest absolute Gasteiger partial charge is 0.326 e. The number of aromatic nitrogens is 4. The number of carbonyl (C=O) groups is 2. The maximum absolute atomic E-state index is 13.9. The second kappa shape index (κ2) is 23.2. The van der Waals surface area contributed by atoms with Crippen LogP contribution in [-0.2, 0) is 18.5 Å². The van der Waals surface area contributed by atoms with Crippen molar-refractivity contribution in [3.8, 4) is 5.69 Å². The molecule has 0 spiro atoms. The minimum atomic E-state index is -4.82. The normalized spacial score (nSPS) is 13.5. The predicted molar refractivity (Wildman–Crippen MR) is 265 cm³/mol. The van der Waals surface area contributed by atoms with Gasteiger partial charge >= 0.3 is 18.5 Å². The van der Waals surface area contributed by atoms with Gasteiger partial charge in [0.15, 0.2) is 23.0 Å². The fourth-order valence-corrected chi connectivity index (χ4v) is 8.21. The van der Waals surface area contributed by atoms with E-state index in [-0.39, 0.29) is 62.1 Å². The molecule has 2 amide bonds. The minimum absolute atomic E-state index is 0.0726. The number of anilines is 2. The second-order valence-corrected chi connectivity index (χ2v) is 18.1. The van der Waals surface area contributed by atoms with Gasteiger partial charge in [-0.05, 0) is 122 Å². The molecule has 2 aromatic heterocycles. The molecule has 0 unspecified atom stereocenters. The van der Waals surface area contributed by atoms with Crippen LogP contribution in [0, 0.1) is 12.7 Å². The summed E-state index contributed by atoms with van der Waals surface area (Å²) >= 11 is 24.0. The quantitative estimate of drug-likeness (QED) is 0.0678. The van der Waals surface area contributed by atoms with Gasteiger partial charge in [0.05, 0.1) is 17.3 Å². The largest absolute Gasteiger partial charge is 0.435 e. The number of hydrogen-bond donors (Lipinski definition) is 4. The van der Waals surface area contributed by atoms with Crippen LogP contribution in [0.2, 0.25) is 20.1 Å². The molecular formula is C49H36Cl4F10N10O2. The number of carbonyl (C=O) groups excluding carboxylic acids is 2. The lowest BCUT2D eigenvalue weighted by atomic mass is 10.1. The maximum atomic E-state index is 13.9. The van der Waals surface area contributed by atoms with Gasteiger partial charge in [0.1, 0.15) is 5.82 Å². The van der Waals surface area contributed by atoms with Gasteiger partial charge in [-0.1, -0.05) is 71.4 Å². The lowest BCUT2D eigenvalue weighted by molar-refractivity contribution is -0.142. The van der Waals surface area contributed by atoms with Crippen molar-refractivity contribution in [1.82, 2.24) is 30.2 Å². The number of benzene rings is 5. The van der Waals surface area contributed by atoms with Crippen molar-refractivity contribution in [2.75, 3.05) is 10.6 Å². The maximum Gasteiger partial charge on any atom is 0.435 e. The Morgan fingerprint density at radius 2 is 1.11 bits per heavy atom. The number of nitrogens with zero attached hydrogens (tertiary/aromatic N) is 6. The molecule has 12 nitrogen and oxygen atoms in total. The Labute approximate surface area is 439 Å². The van der Waals surface area contributed by atoms with Gasteiger partial charge in [0, 0.05) is 54.7 Å². The van der Waals surface area contributed by atoms with E-state index < -0.39 is 53.1 Å². The van der Waals surface area contributed by atoms with E-state index in [9.17, 15) is 53.5 Å². The van der Waals surface area contributed by atoms with Gasteiger partial charge in [0.25, 0.3) is 11.8 Å². The van der Waals surface area contributed by atoms with E-state index in [1.54, 1.807) is 31.2 Å². The Balaban J connectivity index is 0.000000221. The third-order valence-corrected chi connectivity index (χ3v) is 11.5. The highest BCUT2D eigenvalue weighted by atomic mass is 35.5. The molecule has 0 aliphatic heterocycles. The van der Waals surface area contributed by atoms with Crippen LogP contribution < -0.4 is 21.3 Å². The summed E-state index contributed by atoms with van der Waals surface area (Å²) in [6.07, 6.45) is -11.1. The summed E-state index contributed by atoms with van der Waals surface area (Å²) in [7, 11) is 0. The first-order chi connectivity index (χ1) is 35.3. The van der Waals surface area contributed by atoms with Crippen LogP contribution in [0.25, 0.3) is 5.69 Å². The van der Waals surface area contributed by atoms with E-state index in [0.29, 0.717) is 40.2 Å². The molecule has 0 saturated heterocycles. The van der Waals surface area contributed by atoms with Crippen molar-refractivity contribution in [2.45, 2.75) is 57.2 Å². The van der Waals surface area contributed by atoms with Crippen LogP contribution in [0.1, 0.15) is 75.0 Å². The van der Waals surface area contributed by atoms with Crippen molar-refractivity contribution < 1.29 is 53.5 Å². The molecule has 1 saturated carbocycles. The fourth-order valence-electron chi connectivity index (χ4n) is 7.32. The molecule has 0 bridgehead atoms. The van der Waals surface area contributed by atoms with Gasteiger partial charge < -0.3 is 10.6 Å². The average Bonchev–Trinajstić information content (AvgIpc) is 4.10. The summed E-state index contributed by atoms with van der Waals surface area (Å²) in [4.78, 5) is 34.2. The highest BCUT2D eigenvalue weighted by Crippen LogP contribution is 2.38. The van der Waals surface area contributed by atoms with E-state index >= 15 is 0 Å². The van der Waals surface area contributed by atoms with Crippen molar-refractivity contribution >= 4 is 93.1 Å². The average molecular weight is 1130 g/mol. The molecule has 392 valence electrons. The number of aryl methyl sites for hydroxylation is 1. The summed E-state index contributed by atoms with van der Waals surface area (Å²) in [5, 5.41) is 18.7. The summed E-state index contributed by atoms with van der Waals surface area (Å²) < 4.78 is 136. The zero-order valence-corrected chi connectivity index (χ0v) is 41.3. The summed E-state index contributed by atoms with van der Waals surface area (Å²) in [5.41, 5.74) is -2.00. The first-order valence-corrected chi connectivity index (χ1v) is 23.4. The Kier molecular flexibility index (Phi) is 17.2. The van der Waals surface area contributed by atoms with Crippen molar-refractivity contribution in [3.63, 3.8) is 0 Å². The van der Waals surface area contributed by atoms with E-state index in [1.165, 1.54) is 53.2 Å². The van der Waals surface area contributed by atoms with Crippen LogP contribution in [0.3, 0.4) is 0 Å². The molecule has 75 heavy (non-hydrogen) atoms. The van der Waals surface area contributed by atoms with Gasteiger partial charge in [-0.3, -0.25) is 20.2 Å². The molecule has 7 aromatic rings. The monoisotopic (exact) mass is 1130 g/mol. The van der Waals surface area contributed by atoms with E-state index in [0.717, 1.165) is 60.0 Å². The Morgan fingerprint density at radius 1 is 0.573 bits per heavy atom. The standard InChI is InChI=1S/C26H17Cl2F6N5O.C23H19Cl2F4N5O/c1-14-9-18(28)11-19(10-14)35-24(37-23(40)15-5-7-16(8-6-15)25(29,30)31)36-22-13-21(26(32,33)34)38-39(22)20-4-2-3-17(27)12-20;24-14-5-3-4-13(8-14)21(35)32-22(30-17-10-15(25)9-16(26)11-17)31-20-12-19(23(27,28)29)33-34(20)18-6-1-2-7-18/h2-13H,1H3,(H2,35,36,37,40);3-5,8-12,18H,1-2,6-7H2,(H2,30,31,32,35). The molecule has 0 atom stereocenters. The topological polar surface area (TPSA) is 143 Å². The number of aliphatic imine (C=N–C) groups is 2. The molecule has 2 heterocycles. The van der Waals surface area contributed by atoms with Gasteiger partial charge in [-0.15, -0.1) is 0 Å². The van der Waals surface area contributed by atoms with Gasteiger partial charge in [0.2, 0.25) is 11.9 Å². The van der Waals surface area contributed by atoms with Crippen LogP contribution >= 0.6 is 46.4 Å². The molecule has 8 rings (SSSR count). The van der Waals surface area contributed by atoms with Gasteiger partial charge in [-0.2, -0.15) is 59.7 Å². The number of rotatable bonds is 8. The SMILES string of the molecule is Cc1cc(Cl)cc(NC(=Nc2cc(C(F)(F)F)nn2-c2cccc(Cl)c2)NC(=O)c2ccc(C(F)(F)F)cc2)c1.O=C(NC(=Nc1cc(C(F)(F)F)nn1C1CCCC1)Nc1cc(F)cc(Cl)c1)c1cccc(Cl)c1. The van der Waals surface area contributed by atoms with E-state index in [1.807, 2.05) is 0 Å². The van der Waals surface area contributed by atoms with Crippen LogP contribution in [-0.4, -0.2) is 43.3 Å². The fraction of sp³-hybridized carbons (Fsp3) is 0.184. The molecular weight excluding hydrogens is 1090 g/mol. The third kappa shape index (κ3) is 15.2. The number of guanidine groups is 2.